The summed E-state index contributed by atoms with van der Waals surface area (Å²) in [5.74, 6) is 1.59. The van der Waals surface area contributed by atoms with E-state index >= 15 is 0 Å². The van der Waals surface area contributed by atoms with Crippen LogP contribution in [0.3, 0.4) is 0 Å². The second-order valence-electron chi connectivity index (χ2n) is 4.50. The fraction of sp³-hybridized carbons (Fsp3) is 0.462. The third kappa shape index (κ3) is 2.76. The summed E-state index contributed by atoms with van der Waals surface area (Å²) < 4.78 is 1.01. The Morgan fingerprint density at radius 3 is 2.94 bits per heavy atom. The summed E-state index contributed by atoms with van der Waals surface area (Å²) in [6, 6.07) is 7.92. The molecule has 1 saturated carbocycles. The van der Waals surface area contributed by atoms with Gasteiger partial charge in [0.1, 0.15) is 6.07 Å². The average Bonchev–Trinajstić information content (AvgIpc) is 3.10. The van der Waals surface area contributed by atoms with Gasteiger partial charge < -0.3 is 5.32 Å². The third-order valence-electron chi connectivity index (χ3n) is 3.14. The lowest BCUT2D eigenvalue weighted by Gasteiger charge is -2.13. The zero-order valence-corrected chi connectivity index (χ0v) is 10.9. The maximum absolute atomic E-state index is 8.99. The van der Waals surface area contributed by atoms with Crippen LogP contribution in [-0.4, -0.2) is 6.54 Å². The second-order valence-corrected chi connectivity index (χ2v) is 5.41. The fourth-order valence-electron chi connectivity index (χ4n) is 1.86. The van der Waals surface area contributed by atoms with E-state index in [0.717, 1.165) is 22.6 Å². The van der Waals surface area contributed by atoms with Crippen molar-refractivity contribution in [2.75, 3.05) is 11.9 Å². The predicted octanol–water partition coefficient (Wildman–Crippen LogP) is 3.78. The van der Waals surface area contributed by atoms with Gasteiger partial charge in [0.15, 0.2) is 0 Å². The first-order chi connectivity index (χ1) is 7.70. The van der Waals surface area contributed by atoms with Gasteiger partial charge in [-0.25, -0.2) is 0 Å². The Morgan fingerprint density at radius 1 is 1.56 bits per heavy atom. The van der Waals surface area contributed by atoms with E-state index in [0.29, 0.717) is 11.5 Å². The van der Waals surface area contributed by atoms with Crippen molar-refractivity contribution in [3.8, 4) is 6.07 Å². The molecule has 1 aromatic carbocycles. The van der Waals surface area contributed by atoms with Crippen molar-refractivity contribution >= 4 is 21.6 Å². The van der Waals surface area contributed by atoms with Crippen molar-refractivity contribution in [3.63, 3.8) is 0 Å². The van der Waals surface area contributed by atoms with Gasteiger partial charge in [0.2, 0.25) is 0 Å². The molecule has 0 amide bonds. The molecule has 0 bridgehead atoms. The minimum absolute atomic E-state index is 0.700. The van der Waals surface area contributed by atoms with E-state index in [2.05, 4.69) is 34.2 Å². The van der Waals surface area contributed by atoms with Crippen molar-refractivity contribution in [1.82, 2.24) is 0 Å². The largest absolute Gasteiger partial charge is 0.384 e. The first kappa shape index (κ1) is 11.5. The minimum Gasteiger partial charge on any atom is -0.384 e. The molecule has 0 aromatic heterocycles. The maximum atomic E-state index is 8.99. The molecular formula is C13H15BrN2. The summed E-state index contributed by atoms with van der Waals surface area (Å²) in [5, 5.41) is 12.4. The van der Waals surface area contributed by atoms with Crippen LogP contribution in [0, 0.1) is 23.2 Å². The summed E-state index contributed by atoms with van der Waals surface area (Å²) in [4.78, 5) is 0. The summed E-state index contributed by atoms with van der Waals surface area (Å²) in [7, 11) is 0. The molecule has 0 radical (unpaired) electrons. The monoisotopic (exact) mass is 278 g/mol. The molecule has 0 heterocycles. The van der Waals surface area contributed by atoms with Gasteiger partial charge in [-0.15, -0.1) is 0 Å². The van der Waals surface area contributed by atoms with E-state index in [9.17, 15) is 0 Å². The van der Waals surface area contributed by atoms with Crippen molar-refractivity contribution in [1.29, 1.82) is 5.26 Å². The van der Waals surface area contributed by atoms with Crippen LogP contribution >= 0.6 is 15.9 Å². The lowest BCUT2D eigenvalue weighted by atomic mass is 10.1. The van der Waals surface area contributed by atoms with Gasteiger partial charge in [0, 0.05) is 11.0 Å². The number of nitrogens with zero attached hydrogens (tertiary/aromatic N) is 1. The molecule has 2 rings (SSSR count). The highest BCUT2D eigenvalue weighted by atomic mass is 79.9. The molecule has 1 aromatic rings. The predicted molar refractivity (Wildman–Crippen MR) is 69.2 cm³/mol. The first-order valence-electron chi connectivity index (χ1n) is 5.64. The van der Waals surface area contributed by atoms with Crippen molar-refractivity contribution in [3.05, 3.63) is 28.2 Å². The van der Waals surface area contributed by atoms with Gasteiger partial charge in [0.05, 0.1) is 11.3 Å². The Morgan fingerprint density at radius 2 is 2.31 bits per heavy atom. The van der Waals surface area contributed by atoms with E-state index in [1.807, 2.05) is 18.2 Å². The Kier molecular flexibility index (Phi) is 3.50. The van der Waals surface area contributed by atoms with Crippen LogP contribution < -0.4 is 5.32 Å². The van der Waals surface area contributed by atoms with Crippen LogP contribution in [0.5, 0.6) is 0 Å². The van der Waals surface area contributed by atoms with Gasteiger partial charge in [-0.2, -0.15) is 5.26 Å². The molecule has 1 atom stereocenters. The van der Waals surface area contributed by atoms with Crippen LogP contribution in [0.25, 0.3) is 0 Å². The number of anilines is 1. The third-order valence-corrected chi connectivity index (χ3v) is 3.64. The van der Waals surface area contributed by atoms with Crippen LogP contribution in [-0.2, 0) is 0 Å². The molecule has 84 valence electrons. The SMILES string of the molecule is CC(CNc1cc(Br)ccc1C#N)C1CC1. The van der Waals surface area contributed by atoms with E-state index < -0.39 is 0 Å². The fourth-order valence-corrected chi connectivity index (χ4v) is 2.22. The quantitative estimate of drug-likeness (QED) is 0.910. The minimum atomic E-state index is 0.700. The molecule has 1 N–H and O–H groups in total. The normalized spacial score (nSPS) is 16.6. The molecular weight excluding hydrogens is 264 g/mol. The maximum Gasteiger partial charge on any atom is 0.101 e. The molecule has 1 fully saturated rings. The second kappa shape index (κ2) is 4.88. The Bertz CT molecular complexity index is 418. The van der Waals surface area contributed by atoms with Crippen LogP contribution in [0.15, 0.2) is 22.7 Å². The van der Waals surface area contributed by atoms with Crippen molar-refractivity contribution < 1.29 is 0 Å². The van der Waals surface area contributed by atoms with Crippen molar-refractivity contribution in [2.24, 2.45) is 11.8 Å². The first-order valence-corrected chi connectivity index (χ1v) is 6.43. The molecule has 0 aliphatic heterocycles. The number of hydrogen-bond acceptors (Lipinski definition) is 2. The smallest absolute Gasteiger partial charge is 0.101 e. The molecule has 3 heteroatoms. The number of rotatable bonds is 4. The molecule has 2 nitrogen and oxygen atoms in total. The standard InChI is InChI=1S/C13H15BrN2/c1-9(10-2-3-10)8-16-13-6-12(14)5-4-11(13)7-15/h4-6,9-10,16H,2-3,8H2,1H3. The topological polar surface area (TPSA) is 35.8 Å². The highest BCUT2D eigenvalue weighted by molar-refractivity contribution is 9.10. The number of hydrogen-bond donors (Lipinski definition) is 1. The van der Waals surface area contributed by atoms with Gasteiger partial charge in [-0.05, 0) is 42.9 Å². The molecule has 0 saturated heterocycles. The lowest BCUT2D eigenvalue weighted by molar-refractivity contribution is 0.536. The lowest BCUT2D eigenvalue weighted by Crippen LogP contribution is -2.13. The Labute approximate surface area is 105 Å². The van der Waals surface area contributed by atoms with E-state index in [4.69, 9.17) is 5.26 Å². The molecule has 16 heavy (non-hydrogen) atoms. The Hall–Kier alpha value is -1.01. The molecule has 0 spiro atoms. The van der Waals surface area contributed by atoms with Gasteiger partial charge in [-0.3, -0.25) is 0 Å². The van der Waals surface area contributed by atoms with Crippen LogP contribution in [0.2, 0.25) is 0 Å². The number of benzene rings is 1. The highest BCUT2D eigenvalue weighted by Crippen LogP contribution is 2.36. The molecule has 1 aliphatic carbocycles. The van der Waals surface area contributed by atoms with Crippen LogP contribution in [0.4, 0.5) is 5.69 Å². The average molecular weight is 279 g/mol. The summed E-state index contributed by atoms with van der Waals surface area (Å²) in [6.45, 7) is 3.23. The summed E-state index contributed by atoms with van der Waals surface area (Å²) in [6.07, 6.45) is 2.73. The zero-order chi connectivity index (χ0) is 11.5. The number of nitriles is 1. The number of halogens is 1. The van der Waals surface area contributed by atoms with Crippen LogP contribution in [0.1, 0.15) is 25.3 Å². The van der Waals surface area contributed by atoms with E-state index in [-0.39, 0.29) is 0 Å². The molecule has 1 aliphatic rings. The Balaban J connectivity index is 2.02. The molecule has 1 unspecified atom stereocenters. The highest BCUT2D eigenvalue weighted by Gasteiger charge is 2.27. The van der Waals surface area contributed by atoms with Gasteiger partial charge in [0.25, 0.3) is 0 Å². The number of nitrogens with one attached hydrogen (secondary N) is 1. The van der Waals surface area contributed by atoms with E-state index in [1.54, 1.807) is 0 Å². The van der Waals surface area contributed by atoms with Gasteiger partial charge in [-0.1, -0.05) is 22.9 Å². The summed E-state index contributed by atoms with van der Waals surface area (Å²) in [5.41, 5.74) is 1.65. The van der Waals surface area contributed by atoms with Crippen molar-refractivity contribution in [2.45, 2.75) is 19.8 Å². The van der Waals surface area contributed by atoms with Gasteiger partial charge >= 0.3 is 0 Å². The zero-order valence-electron chi connectivity index (χ0n) is 9.33. The van der Waals surface area contributed by atoms with E-state index in [1.165, 1.54) is 12.8 Å². The summed E-state index contributed by atoms with van der Waals surface area (Å²) >= 11 is 3.42.